The number of amides is 1. The first-order valence-electron chi connectivity index (χ1n) is 7.49. The molecule has 2 aliphatic rings. The van der Waals surface area contributed by atoms with Crippen LogP contribution in [0.1, 0.15) is 29.6 Å². The minimum atomic E-state index is -0.0282. The fourth-order valence-electron chi connectivity index (χ4n) is 3.61. The molecule has 4 nitrogen and oxygen atoms in total. The molecule has 0 aliphatic carbocycles. The van der Waals surface area contributed by atoms with E-state index in [1.807, 2.05) is 24.3 Å². The number of hydrogen-bond acceptors (Lipinski definition) is 3. The van der Waals surface area contributed by atoms with Gasteiger partial charge in [-0.15, -0.1) is 0 Å². The first-order valence-corrected chi connectivity index (χ1v) is 7.49. The van der Waals surface area contributed by atoms with Crippen LogP contribution in [0, 0.1) is 0 Å². The molecule has 2 bridgehead atoms. The zero-order valence-corrected chi connectivity index (χ0v) is 11.7. The van der Waals surface area contributed by atoms with Gasteiger partial charge in [-0.05, 0) is 54.3 Å². The highest BCUT2D eigenvalue weighted by Crippen LogP contribution is 2.28. The molecule has 4 rings (SSSR count). The van der Waals surface area contributed by atoms with E-state index in [1.165, 1.54) is 6.42 Å². The van der Waals surface area contributed by atoms with Crippen LogP contribution in [0.4, 0.5) is 0 Å². The predicted molar refractivity (Wildman–Crippen MR) is 81.4 cm³/mol. The highest BCUT2D eigenvalue weighted by Gasteiger charge is 2.39. The van der Waals surface area contributed by atoms with E-state index < -0.39 is 0 Å². The average molecular weight is 282 g/mol. The highest BCUT2D eigenvalue weighted by molar-refractivity contribution is 5.99. The fraction of sp³-hybridized carbons (Fsp3) is 0.353. The molecule has 0 aromatic heterocycles. The predicted octanol–water partition coefficient (Wildman–Crippen LogP) is 2.17. The van der Waals surface area contributed by atoms with Gasteiger partial charge in [0.25, 0.3) is 5.91 Å². The van der Waals surface area contributed by atoms with Gasteiger partial charge in [0.2, 0.25) is 0 Å². The Morgan fingerprint density at radius 3 is 2.76 bits per heavy atom. The van der Waals surface area contributed by atoms with Gasteiger partial charge >= 0.3 is 0 Å². The number of phenolic OH excluding ortho intramolecular Hbond substituents is 1. The topological polar surface area (TPSA) is 61.4 Å². The van der Waals surface area contributed by atoms with Gasteiger partial charge in [0.1, 0.15) is 5.75 Å². The number of carbonyl (C=O) groups excluding carboxylic acids is 1. The first kappa shape index (κ1) is 12.7. The van der Waals surface area contributed by atoms with Gasteiger partial charge in [-0.2, -0.15) is 0 Å². The Balaban J connectivity index is 1.56. The minimum absolute atomic E-state index is 0.0282. The molecule has 1 amide bonds. The summed E-state index contributed by atoms with van der Waals surface area (Å²) in [4.78, 5) is 12.4. The van der Waals surface area contributed by atoms with Gasteiger partial charge < -0.3 is 15.7 Å². The summed E-state index contributed by atoms with van der Waals surface area (Å²) in [5.74, 6) is 0.192. The number of fused-ring (bicyclic) bond motifs is 3. The lowest BCUT2D eigenvalue weighted by molar-refractivity contribution is 0.0931. The molecule has 4 heteroatoms. The molecule has 21 heavy (non-hydrogen) atoms. The average Bonchev–Trinajstić information content (AvgIpc) is 3.09. The molecule has 0 radical (unpaired) electrons. The van der Waals surface area contributed by atoms with E-state index in [2.05, 4.69) is 10.6 Å². The maximum atomic E-state index is 12.4. The smallest absolute Gasteiger partial charge is 0.251 e. The Hall–Kier alpha value is -2.07. The first-order chi connectivity index (χ1) is 10.2. The number of phenols is 1. The van der Waals surface area contributed by atoms with Crippen molar-refractivity contribution in [1.29, 1.82) is 0 Å². The van der Waals surface area contributed by atoms with Crippen LogP contribution in [0.3, 0.4) is 0 Å². The van der Waals surface area contributed by atoms with Crippen LogP contribution in [0.2, 0.25) is 0 Å². The van der Waals surface area contributed by atoms with Gasteiger partial charge in [-0.25, -0.2) is 0 Å². The molecule has 2 fully saturated rings. The van der Waals surface area contributed by atoms with E-state index in [9.17, 15) is 9.90 Å². The molecule has 3 N–H and O–H groups in total. The third-order valence-electron chi connectivity index (χ3n) is 4.70. The molecule has 0 saturated carbocycles. The Morgan fingerprint density at radius 1 is 1.14 bits per heavy atom. The summed E-state index contributed by atoms with van der Waals surface area (Å²) < 4.78 is 0. The second-order valence-corrected chi connectivity index (χ2v) is 6.11. The summed E-state index contributed by atoms with van der Waals surface area (Å²) in [7, 11) is 0. The van der Waals surface area contributed by atoms with Crippen molar-refractivity contribution in [3.63, 3.8) is 0 Å². The minimum Gasteiger partial charge on any atom is -0.508 e. The van der Waals surface area contributed by atoms with Crippen molar-refractivity contribution >= 4 is 16.7 Å². The van der Waals surface area contributed by atoms with Crippen molar-refractivity contribution < 1.29 is 9.90 Å². The van der Waals surface area contributed by atoms with Gasteiger partial charge in [-0.3, -0.25) is 4.79 Å². The lowest BCUT2D eigenvalue weighted by Crippen LogP contribution is -2.42. The van der Waals surface area contributed by atoms with Crippen molar-refractivity contribution in [2.45, 2.75) is 37.4 Å². The Kier molecular flexibility index (Phi) is 2.86. The zero-order valence-electron chi connectivity index (χ0n) is 11.7. The van der Waals surface area contributed by atoms with Gasteiger partial charge in [0, 0.05) is 23.7 Å². The van der Waals surface area contributed by atoms with E-state index in [0.717, 1.165) is 23.6 Å². The molecule has 3 atom stereocenters. The summed E-state index contributed by atoms with van der Waals surface area (Å²) in [6, 6.07) is 12.1. The van der Waals surface area contributed by atoms with Crippen LogP contribution in [-0.2, 0) is 0 Å². The maximum Gasteiger partial charge on any atom is 0.251 e. The monoisotopic (exact) mass is 282 g/mol. The van der Waals surface area contributed by atoms with Gasteiger partial charge in [0.05, 0.1) is 0 Å². The normalized spacial score (nSPS) is 27.1. The molecule has 0 spiro atoms. The second-order valence-electron chi connectivity index (χ2n) is 6.11. The quantitative estimate of drug-likeness (QED) is 0.791. The SMILES string of the molecule is O=C(NC1CC2CCC1N2)c1ccc2ccc(O)cc2c1. The van der Waals surface area contributed by atoms with E-state index >= 15 is 0 Å². The number of aromatic hydroxyl groups is 1. The number of carbonyl (C=O) groups is 1. The number of nitrogens with one attached hydrogen (secondary N) is 2. The van der Waals surface area contributed by atoms with Crippen LogP contribution in [0.25, 0.3) is 10.8 Å². The molecular weight excluding hydrogens is 264 g/mol. The molecule has 2 aromatic carbocycles. The largest absolute Gasteiger partial charge is 0.508 e. The van der Waals surface area contributed by atoms with Gasteiger partial charge in [0.15, 0.2) is 0 Å². The fourth-order valence-corrected chi connectivity index (χ4v) is 3.61. The van der Waals surface area contributed by atoms with Crippen molar-refractivity contribution in [2.24, 2.45) is 0 Å². The number of rotatable bonds is 2. The van der Waals surface area contributed by atoms with Crippen LogP contribution in [0.5, 0.6) is 5.75 Å². The lowest BCUT2D eigenvalue weighted by atomic mass is 9.95. The molecule has 108 valence electrons. The lowest BCUT2D eigenvalue weighted by Gasteiger charge is -2.21. The Labute approximate surface area is 123 Å². The highest BCUT2D eigenvalue weighted by atomic mass is 16.3. The van der Waals surface area contributed by atoms with Crippen LogP contribution < -0.4 is 10.6 Å². The maximum absolute atomic E-state index is 12.4. The summed E-state index contributed by atoms with van der Waals surface area (Å²) >= 11 is 0. The summed E-state index contributed by atoms with van der Waals surface area (Å²) in [5, 5.41) is 18.1. The second kappa shape index (κ2) is 4.74. The van der Waals surface area contributed by atoms with Crippen LogP contribution in [0.15, 0.2) is 36.4 Å². The third kappa shape index (κ3) is 2.25. The van der Waals surface area contributed by atoms with Crippen LogP contribution in [-0.4, -0.2) is 29.1 Å². The van der Waals surface area contributed by atoms with E-state index in [-0.39, 0.29) is 17.7 Å². The van der Waals surface area contributed by atoms with Crippen molar-refractivity contribution in [2.75, 3.05) is 0 Å². The molecule has 2 heterocycles. The Bertz CT molecular complexity index is 713. The number of hydrogen-bond donors (Lipinski definition) is 3. The van der Waals surface area contributed by atoms with E-state index in [4.69, 9.17) is 0 Å². The standard InChI is InChI=1S/C17H18N2O2/c20-14-5-3-10-1-2-11(7-12(10)8-14)17(21)19-16-9-13-4-6-15(16)18-13/h1-3,5,7-8,13,15-16,18,20H,4,6,9H2,(H,19,21). The summed E-state index contributed by atoms with van der Waals surface area (Å²) in [6.45, 7) is 0. The van der Waals surface area contributed by atoms with Crippen molar-refractivity contribution in [3.8, 4) is 5.75 Å². The molecule has 3 unspecified atom stereocenters. The van der Waals surface area contributed by atoms with Crippen LogP contribution >= 0.6 is 0 Å². The zero-order chi connectivity index (χ0) is 14.4. The molecule has 2 aromatic rings. The van der Waals surface area contributed by atoms with E-state index in [1.54, 1.807) is 12.1 Å². The summed E-state index contributed by atoms with van der Waals surface area (Å²) in [6.07, 6.45) is 3.41. The van der Waals surface area contributed by atoms with E-state index in [0.29, 0.717) is 17.6 Å². The summed E-state index contributed by atoms with van der Waals surface area (Å²) in [5.41, 5.74) is 0.649. The molecule has 2 saturated heterocycles. The van der Waals surface area contributed by atoms with Crippen molar-refractivity contribution in [3.05, 3.63) is 42.0 Å². The molecular formula is C17H18N2O2. The number of benzene rings is 2. The van der Waals surface area contributed by atoms with Gasteiger partial charge in [-0.1, -0.05) is 12.1 Å². The Morgan fingerprint density at radius 2 is 2.00 bits per heavy atom. The third-order valence-corrected chi connectivity index (χ3v) is 4.70. The van der Waals surface area contributed by atoms with Crippen molar-refractivity contribution in [1.82, 2.24) is 10.6 Å². The molecule has 2 aliphatic heterocycles.